The van der Waals surface area contributed by atoms with Crippen LogP contribution in [0, 0.1) is 5.41 Å². The molecule has 1 aliphatic heterocycles. The molecule has 7 heteroatoms. The van der Waals surface area contributed by atoms with Crippen molar-refractivity contribution in [1.82, 2.24) is 5.32 Å². The summed E-state index contributed by atoms with van der Waals surface area (Å²) in [6, 6.07) is 3.34. The Bertz CT molecular complexity index is 547. The molecule has 22 heavy (non-hydrogen) atoms. The topological polar surface area (TPSA) is 66.0 Å². The predicted octanol–water partition coefficient (Wildman–Crippen LogP) is 2.94. The summed E-state index contributed by atoms with van der Waals surface area (Å²) >= 11 is 0. The van der Waals surface area contributed by atoms with Gasteiger partial charge in [0.2, 0.25) is 0 Å². The van der Waals surface area contributed by atoms with Crippen molar-refractivity contribution in [2.24, 2.45) is 5.41 Å². The van der Waals surface area contributed by atoms with Gasteiger partial charge in [0.25, 0.3) is 0 Å². The van der Waals surface area contributed by atoms with Gasteiger partial charge < -0.3 is 24.3 Å². The third-order valence-electron chi connectivity index (χ3n) is 3.67. The van der Waals surface area contributed by atoms with E-state index in [0.717, 1.165) is 5.56 Å². The van der Waals surface area contributed by atoms with Crippen molar-refractivity contribution in [3.63, 3.8) is 0 Å². The number of ether oxygens (including phenoxy) is 4. The van der Waals surface area contributed by atoms with E-state index in [2.05, 4.69) is 5.32 Å². The van der Waals surface area contributed by atoms with E-state index in [-0.39, 0.29) is 23.9 Å². The summed E-state index contributed by atoms with van der Waals surface area (Å²) < 4.78 is 21.1. The van der Waals surface area contributed by atoms with Gasteiger partial charge in [0, 0.05) is 17.0 Å². The number of hydrogen-bond donors (Lipinski definition) is 1. The molecule has 1 fully saturated rings. The molecule has 6 nitrogen and oxygen atoms in total. The van der Waals surface area contributed by atoms with Crippen LogP contribution < -0.4 is 19.5 Å². The number of amides is 1. The summed E-state index contributed by atoms with van der Waals surface area (Å²) in [7, 11) is 4.72. The van der Waals surface area contributed by atoms with Gasteiger partial charge in [-0.05, 0) is 6.07 Å². The third-order valence-corrected chi connectivity index (χ3v) is 3.67. The predicted molar refractivity (Wildman–Crippen MR) is 84.4 cm³/mol. The molecule has 0 spiro atoms. The molecule has 2 rings (SSSR count). The fourth-order valence-electron chi connectivity index (χ4n) is 2.47. The maximum atomic E-state index is 11.6. The van der Waals surface area contributed by atoms with E-state index < -0.39 is 6.09 Å². The molecule has 0 bridgehead atoms. The van der Waals surface area contributed by atoms with Crippen LogP contribution in [0.5, 0.6) is 17.2 Å². The Labute approximate surface area is 136 Å². The highest BCUT2D eigenvalue weighted by molar-refractivity contribution is 5.85. The molecule has 0 aromatic heterocycles. The minimum atomic E-state index is -0.434. The number of carbonyl (C=O) groups is 1. The maximum absolute atomic E-state index is 11.6. The van der Waals surface area contributed by atoms with Crippen molar-refractivity contribution >= 4 is 18.5 Å². The average molecular weight is 332 g/mol. The van der Waals surface area contributed by atoms with Crippen molar-refractivity contribution in [2.75, 3.05) is 27.9 Å². The van der Waals surface area contributed by atoms with Crippen LogP contribution in [0.1, 0.15) is 25.5 Å². The first-order chi connectivity index (χ1) is 9.92. The van der Waals surface area contributed by atoms with Crippen molar-refractivity contribution in [3.05, 3.63) is 17.7 Å². The van der Waals surface area contributed by atoms with Crippen LogP contribution in [-0.4, -0.2) is 34.0 Å². The summed E-state index contributed by atoms with van der Waals surface area (Å²) in [5.41, 5.74) is 0.553. The largest absolute Gasteiger partial charge is 0.496 e. The first kappa shape index (κ1) is 18.2. The summed E-state index contributed by atoms with van der Waals surface area (Å²) in [4.78, 5) is 11.6. The highest BCUT2D eigenvalue weighted by Gasteiger charge is 2.39. The lowest BCUT2D eigenvalue weighted by Crippen LogP contribution is -2.47. The van der Waals surface area contributed by atoms with Gasteiger partial charge in [-0.25, -0.2) is 4.79 Å². The SMILES string of the molecule is COc1cc(OC)c([C@H]2NC(=O)OCC2(C)C)cc1OC.Cl. The van der Waals surface area contributed by atoms with E-state index in [1.165, 1.54) is 0 Å². The molecule has 0 saturated carbocycles. The first-order valence-corrected chi connectivity index (χ1v) is 6.66. The van der Waals surface area contributed by atoms with E-state index in [9.17, 15) is 4.79 Å². The first-order valence-electron chi connectivity index (χ1n) is 6.66. The van der Waals surface area contributed by atoms with E-state index >= 15 is 0 Å². The van der Waals surface area contributed by atoms with E-state index in [0.29, 0.717) is 23.9 Å². The number of benzene rings is 1. The zero-order chi connectivity index (χ0) is 15.6. The molecular weight excluding hydrogens is 310 g/mol. The van der Waals surface area contributed by atoms with E-state index in [1.54, 1.807) is 27.4 Å². The molecular formula is C15H22ClNO5. The van der Waals surface area contributed by atoms with E-state index in [1.807, 2.05) is 19.9 Å². The van der Waals surface area contributed by atoms with E-state index in [4.69, 9.17) is 18.9 Å². The minimum Gasteiger partial charge on any atom is -0.496 e. The van der Waals surface area contributed by atoms with Gasteiger partial charge in [-0.2, -0.15) is 0 Å². The molecule has 1 aromatic rings. The van der Waals surface area contributed by atoms with Crippen molar-refractivity contribution in [3.8, 4) is 17.2 Å². The lowest BCUT2D eigenvalue weighted by molar-refractivity contribution is 0.0380. The summed E-state index contributed by atoms with van der Waals surface area (Å²) in [6.07, 6.45) is -0.434. The molecule has 1 aliphatic rings. The van der Waals surface area contributed by atoms with Crippen LogP contribution in [0.15, 0.2) is 12.1 Å². The number of carbonyl (C=O) groups excluding carboxylic acids is 1. The molecule has 0 radical (unpaired) electrons. The average Bonchev–Trinajstić information content (AvgIpc) is 2.48. The van der Waals surface area contributed by atoms with Crippen LogP contribution >= 0.6 is 12.4 Å². The van der Waals surface area contributed by atoms with Crippen molar-refractivity contribution < 1.29 is 23.7 Å². The summed E-state index contributed by atoms with van der Waals surface area (Å²) in [6.45, 7) is 4.38. The minimum absolute atomic E-state index is 0. The van der Waals surface area contributed by atoms with Gasteiger partial charge >= 0.3 is 6.09 Å². The van der Waals surface area contributed by atoms with Crippen LogP contribution in [-0.2, 0) is 4.74 Å². The maximum Gasteiger partial charge on any atom is 0.407 e. The molecule has 1 atom stereocenters. The Balaban J connectivity index is 0.00000242. The number of cyclic esters (lactones) is 1. The lowest BCUT2D eigenvalue weighted by atomic mass is 9.80. The molecule has 0 aliphatic carbocycles. The van der Waals surface area contributed by atoms with Crippen molar-refractivity contribution in [2.45, 2.75) is 19.9 Å². The highest BCUT2D eigenvalue weighted by atomic mass is 35.5. The quantitative estimate of drug-likeness (QED) is 0.918. The molecule has 1 N–H and O–H groups in total. The zero-order valence-electron chi connectivity index (χ0n) is 13.4. The highest BCUT2D eigenvalue weighted by Crippen LogP contribution is 2.44. The molecule has 1 heterocycles. The van der Waals surface area contributed by atoms with Crippen LogP contribution in [0.3, 0.4) is 0 Å². The van der Waals surface area contributed by atoms with Crippen molar-refractivity contribution in [1.29, 1.82) is 0 Å². The normalized spacial score (nSPS) is 19.3. The van der Waals surface area contributed by atoms with Crippen LogP contribution in [0.4, 0.5) is 4.79 Å². The Morgan fingerprint density at radius 1 is 1.09 bits per heavy atom. The lowest BCUT2D eigenvalue weighted by Gasteiger charge is -2.39. The van der Waals surface area contributed by atoms with Crippen LogP contribution in [0.25, 0.3) is 0 Å². The number of rotatable bonds is 4. The standard InChI is InChI=1S/C15H21NO5.ClH/c1-15(2)8-21-14(17)16-13(15)9-6-11(19-4)12(20-5)7-10(9)18-3;/h6-7,13H,8H2,1-5H3,(H,16,17);1H/t13-;/m1./s1. The monoisotopic (exact) mass is 331 g/mol. The molecule has 124 valence electrons. The Morgan fingerprint density at radius 3 is 2.18 bits per heavy atom. The number of methoxy groups -OCH3 is 3. The number of nitrogens with one attached hydrogen (secondary N) is 1. The second-order valence-electron chi connectivity index (χ2n) is 5.59. The number of alkyl carbamates (subject to hydrolysis) is 1. The fraction of sp³-hybridized carbons (Fsp3) is 0.533. The second-order valence-corrected chi connectivity index (χ2v) is 5.59. The summed E-state index contributed by atoms with van der Waals surface area (Å²) in [5, 5.41) is 2.85. The number of halogens is 1. The van der Waals surface area contributed by atoms with Gasteiger partial charge in [0.1, 0.15) is 12.4 Å². The molecule has 1 saturated heterocycles. The molecule has 0 unspecified atom stereocenters. The van der Waals surface area contributed by atoms with Gasteiger partial charge in [-0.15, -0.1) is 12.4 Å². The third kappa shape index (κ3) is 3.32. The zero-order valence-corrected chi connectivity index (χ0v) is 14.2. The Hall–Kier alpha value is -1.82. The molecule has 1 amide bonds. The smallest absolute Gasteiger partial charge is 0.407 e. The number of hydrogen-bond acceptors (Lipinski definition) is 5. The Kier molecular flexibility index (Phi) is 5.77. The second kappa shape index (κ2) is 6.96. The van der Waals surface area contributed by atoms with Gasteiger partial charge in [-0.3, -0.25) is 0 Å². The van der Waals surface area contributed by atoms with Gasteiger partial charge in [-0.1, -0.05) is 13.8 Å². The van der Waals surface area contributed by atoms with Gasteiger partial charge in [0.15, 0.2) is 11.5 Å². The Morgan fingerprint density at radius 2 is 1.64 bits per heavy atom. The summed E-state index contributed by atoms with van der Waals surface area (Å²) in [5.74, 6) is 1.80. The van der Waals surface area contributed by atoms with Gasteiger partial charge in [0.05, 0.1) is 27.4 Å². The van der Waals surface area contributed by atoms with Crippen LogP contribution in [0.2, 0.25) is 0 Å². The molecule has 1 aromatic carbocycles. The fourth-order valence-corrected chi connectivity index (χ4v) is 2.47.